The average molecular weight is 550 g/mol. The topological polar surface area (TPSA) is 135 Å². The van der Waals surface area contributed by atoms with E-state index in [2.05, 4.69) is 20.3 Å². The van der Waals surface area contributed by atoms with Crippen molar-refractivity contribution in [3.8, 4) is 11.3 Å². The molecule has 0 spiro atoms. The first-order chi connectivity index (χ1) is 13.3. The van der Waals surface area contributed by atoms with Crippen molar-refractivity contribution in [1.29, 1.82) is 5.41 Å². The van der Waals surface area contributed by atoms with Crippen LogP contribution < -0.4 is 5.73 Å². The van der Waals surface area contributed by atoms with Crippen molar-refractivity contribution >= 4 is 17.9 Å². The summed E-state index contributed by atoms with van der Waals surface area (Å²) in [5, 5.41) is 18.5. The number of rotatable bonds is 5. The zero-order chi connectivity index (χ0) is 19.5. The van der Waals surface area contributed by atoms with E-state index >= 15 is 0 Å². The number of aliphatic imine (C=N–C) groups is 1. The van der Waals surface area contributed by atoms with Gasteiger partial charge in [0.25, 0.3) is 0 Å². The van der Waals surface area contributed by atoms with Gasteiger partial charge in [-0.05, 0) is 30.7 Å². The van der Waals surface area contributed by atoms with Gasteiger partial charge in [0.1, 0.15) is 11.7 Å². The van der Waals surface area contributed by atoms with Gasteiger partial charge in [-0.3, -0.25) is 4.98 Å². The van der Waals surface area contributed by atoms with Crippen molar-refractivity contribution < 1.29 is 26.2 Å². The van der Waals surface area contributed by atoms with Crippen LogP contribution in [0.1, 0.15) is 24.6 Å². The first-order valence-electron chi connectivity index (χ1n) is 8.65. The molecule has 9 heteroatoms. The quantitative estimate of drug-likeness (QED) is 0.389. The fraction of sp³-hybridized carbons (Fsp3) is 0.316. The van der Waals surface area contributed by atoms with E-state index in [-0.39, 0.29) is 27.0 Å². The summed E-state index contributed by atoms with van der Waals surface area (Å²) in [4.78, 5) is 17.8. The molecule has 1 atom stereocenters. The minimum atomic E-state index is 0. The molecule has 0 amide bonds. The number of hydrogen-bond donors (Lipinski definition) is 3. The molecule has 28 heavy (non-hydrogen) atoms. The van der Waals surface area contributed by atoms with E-state index in [1.165, 1.54) is 6.08 Å². The Bertz CT molecular complexity index is 790. The van der Waals surface area contributed by atoms with Gasteiger partial charge in [-0.25, -0.2) is 15.0 Å². The number of aromatic nitrogens is 3. The van der Waals surface area contributed by atoms with Crippen LogP contribution in [0.4, 0.5) is 5.82 Å². The predicted molar refractivity (Wildman–Crippen MR) is 108 cm³/mol. The predicted octanol–water partition coefficient (Wildman–Crippen LogP) is 2.59. The van der Waals surface area contributed by atoms with Gasteiger partial charge in [-0.2, -0.15) is 0 Å². The number of piperidine rings is 1. The summed E-state index contributed by atoms with van der Waals surface area (Å²) in [7, 11) is 1.00. The third-order valence-electron chi connectivity index (χ3n) is 3.88. The Morgan fingerprint density at radius 3 is 2.86 bits per heavy atom. The van der Waals surface area contributed by atoms with Crippen LogP contribution in [0.15, 0.2) is 47.7 Å². The van der Waals surface area contributed by atoms with Crippen LogP contribution in [-0.4, -0.2) is 52.3 Å². The first-order valence-corrected chi connectivity index (χ1v) is 8.65. The van der Waals surface area contributed by atoms with Crippen LogP contribution >= 0.6 is 0 Å². The van der Waals surface area contributed by atoms with E-state index in [9.17, 15) is 0 Å². The molecule has 2 aromatic heterocycles. The standard InChI is InChI=1S/C18H20N7.CH4O.W/c19-7-1-6-16(20)24-17-10-15(13-4-2-8-21-11-13)23-18(25-17)14-5-3-9-22-12-14;1-2;/h1-2,4,6-8,10-11,14,19H,3,5,9,12H2,(H2,20,23,24,25);2H,1H3;/q-1;;/b6-1-,19-7?;;. The number of pyridine rings is 1. The monoisotopic (exact) mass is 550 g/mol. The number of allylic oxidation sites excluding steroid dienone is 1. The fourth-order valence-electron chi connectivity index (χ4n) is 2.67. The van der Waals surface area contributed by atoms with Crippen LogP contribution in [-0.2, 0) is 21.1 Å². The second-order valence-corrected chi connectivity index (χ2v) is 5.74. The Labute approximate surface area is 179 Å². The second kappa shape index (κ2) is 13.0. The smallest absolute Gasteiger partial charge is 0.158 e. The Morgan fingerprint density at radius 1 is 1.39 bits per heavy atom. The molecule has 0 aromatic carbocycles. The van der Waals surface area contributed by atoms with Crippen LogP contribution in [0.3, 0.4) is 0 Å². The summed E-state index contributed by atoms with van der Waals surface area (Å²) >= 11 is 0. The number of hydrogen-bond acceptors (Lipinski definition) is 6. The zero-order valence-electron chi connectivity index (χ0n) is 15.7. The maximum Gasteiger partial charge on any atom is 0.158 e. The van der Waals surface area contributed by atoms with E-state index < -0.39 is 0 Å². The van der Waals surface area contributed by atoms with Gasteiger partial charge >= 0.3 is 0 Å². The molecule has 0 radical (unpaired) electrons. The van der Waals surface area contributed by atoms with Crippen LogP contribution in [0.25, 0.3) is 16.6 Å². The molecule has 1 saturated heterocycles. The molecular formula is C19H24N7OW-. The number of nitrogens with zero attached hydrogens (tertiary/aromatic N) is 5. The summed E-state index contributed by atoms with van der Waals surface area (Å²) in [6.45, 7) is 1.65. The van der Waals surface area contributed by atoms with E-state index in [1.807, 2.05) is 12.1 Å². The van der Waals surface area contributed by atoms with Crippen molar-refractivity contribution in [3.63, 3.8) is 0 Å². The number of aliphatic hydroxyl groups is 1. The molecule has 0 aliphatic carbocycles. The van der Waals surface area contributed by atoms with Crippen LogP contribution in [0, 0.1) is 5.41 Å². The molecule has 1 aliphatic rings. The minimum Gasteiger partial charge on any atom is -0.662 e. The molecule has 3 rings (SSSR count). The van der Waals surface area contributed by atoms with E-state index in [0.29, 0.717) is 11.7 Å². The summed E-state index contributed by atoms with van der Waals surface area (Å²) in [5.41, 5.74) is 7.55. The van der Waals surface area contributed by atoms with E-state index in [1.54, 1.807) is 24.5 Å². The molecule has 1 unspecified atom stereocenters. The molecule has 1 aliphatic heterocycles. The Kier molecular flexibility index (Phi) is 11.0. The van der Waals surface area contributed by atoms with Gasteiger partial charge in [-0.15, -0.1) is 13.1 Å². The molecular weight excluding hydrogens is 526 g/mol. The van der Waals surface area contributed by atoms with Crippen molar-refractivity contribution in [3.05, 3.63) is 53.9 Å². The van der Waals surface area contributed by atoms with E-state index in [0.717, 1.165) is 56.3 Å². The summed E-state index contributed by atoms with van der Waals surface area (Å²) in [5.74, 6) is 1.74. The van der Waals surface area contributed by atoms with Gasteiger partial charge < -0.3 is 21.6 Å². The largest absolute Gasteiger partial charge is 0.662 e. The van der Waals surface area contributed by atoms with Crippen molar-refractivity contribution in [2.24, 2.45) is 10.7 Å². The SMILES string of the molecule is CO.N=C/C=C\C(N)=Nc1cc(-c2cccnc2)nc(C2CCC[N-]C2)n1.[W]. The Hall–Kier alpha value is -2.28. The number of nitrogens with two attached hydrogens (primary N) is 1. The molecule has 1 fully saturated rings. The van der Waals surface area contributed by atoms with Gasteiger partial charge in [0.2, 0.25) is 0 Å². The zero-order valence-corrected chi connectivity index (χ0v) is 18.6. The Balaban J connectivity index is 0.00000127. The average Bonchev–Trinajstić information content (AvgIpc) is 2.75. The molecule has 4 N–H and O–H groups in total. The van der Waals surface area contributed by atoms with Gasteiger partial charge in [-0.1, -0.05) is 6.42 Å². The van der Waals surface area contributed by atoms with Gasteiger partial charge in [0.05, 0.1) is 5.69 Å². The second-order valence-electron chi connectivity index (χ2n) is 5.74. The molecule has 148 valence electrons. The normalized spacial score (nSPS) is 16.6. The third-order valence-corrected chi connectivity index (χ3v) is 3.88. The molecule has 2 aromatic rings. The first kappa shape index (κ1) is 23.8. The van der Waals surface area contributed by atoms with Crippen molar-refractivity contribution in [1.82, 2.24) is 15.0 Å². The third kappa shape index (κ3) is 7.03. The number of amidine groups is 1. The van der Waals surface area contributed by atoms with E-state index in [4.69, 9.17) is 21.2 Å². The van der Waals surface area contributed by atoms with Crippen LogP contribution in [0.2, 0.25) is 0 Å². The molecule has 8 nitrogen and oxygen atoms in total. The minimum absolute atomic E-state index is 0. The molecule has 3 heterocycles. The number of aliphatic hydroxyl groups excluding tert-OH is 1. The molecule has 0 saturated carbocycles. The van der Waals surface area contributed by atoms with Crippen LogP contribution in [0.5, 0.6) is 0 Å². The number of nitrogens with one attached hydrogen (secondary N) is 1. The fourth-order valence-corrected chi connectivity index (χ4v) is 2.67. The summed E-state index contributed by atoms with van der Waals surface area (Å²) in [6.07, 6.45) is 9.80. The summed E-state index contributed by atoms with van der Waals surface area (Å²) in [6, 6.07) is 5.62. The maximum absolute atomic E-state index is 7.02. The molecule has 0 bridgehead atoms. The summed E-state index contributed by atoms with van der Waals surface area (Å²) < 4.78 is 0. The van der Waals surface area contributed by atoms with Gasteiger partial charge in [0.15, 0.2) is 5.82 Å². The van der Waals surface area contributed by atoms with Gasteiger partial charge in [0, 0.05) is 64.3 Å². The van der Waals surface area contributed by atoms with Crippen molar-refractivity contribution in [2.45, 2.75) is 18.8 Å². The maximum atomic E-state index is 7.02. The Morgan fingerprint density at radius 2 is 2.21 bits per heavy atom. The van der Waals surface area contributed by atoms with Crippen molar-refractivity contribution in [2.75, 3.05) is 20.2 Å².